The summed E-state index contributed by atoms with van der Waals surface area (Å²) in [5.74, 6) is -0.741. The molecule has 0 aromatic heterocycles. The number of carbonyl (C=O) groups is 1. The molecule has 4 aliphatic rings. The monoisotopic (exact) mass is 645 g/mol. The summed E-state index contributed by atoms with van der Waals surface area (Å²) in [4.78, 5) is 11.8. The third-order valence-corrected chi connectivity index (χ3v) is 14.1. The summed E-state index contributed by atoms with van der Waals surface area (Å²) in [6, 6.07) is 3.79. The first kappa shape index (κ1) is 33.6. The van der Waals surface area contributed by atoms with E-state index < -0.39 is 50.9 Å². The number of sulfonamides is 1. The van der Waals surface area contributed by atoms with Gasteiger partial charge in [-0.05, 0) is 103 Å². The van der Waals surface area contributed by atoms with Crippen LogP contribution in [0.5, 0.6) is 0 Å². The van der Waals surface area contributed by atoms with Gasteiger partial charge in [0.25, 0.3) is 10.0 Å². The predicted molar refractivity (Wildman–Crippen MR) is 157 cm³/mol. The van der Waals surface area contributed by atoms with E-state index in [4.69, 9.17) is 0 Å². The van der Waals surface area contributed by atoms with Gasteiger partial charge >= 0.3 is 6.18 Å². The van der Waals surface area contributed by atoms with Gasteiger partial charge < -0.3 is 10.2 Å². The second-order valence-corrected chi connectivity index (χ2v) is 16.4. The van der Waals surface area contributed by atoms with Crippen LogP contribution in [0.3, 0.4) is 0 Å². The molecule has 11 heteroatoms. The number of hydrogen-bond acceptors (Lipinski definition) is 5. The van der Waals surface area contributed by atoms with Crippen molar-refractivity contribution < 1.29 is 41.0 Å². The number of halogens is 4. The Kier molecular flexibility index (Phi) is 9.04. The van der Waals surface area contributed by atoms with E-state index in [1.807, 2.05) is 18.6 Å². The number of carbonyl (C=O) groups excluding carboxylic acids is 1. The molecule has 4 fully saturated rings. The lowest BCUT2D eigenvalue weighted by atomic mass is 9.41. The van der Waals surface area contributed by atoms with Gasteiger partial charge in [-0.2, -0.15) is 13.2 Å². The molecule has 12 atom stereocenters. The lowest BCUT2D eigenvalue weighted by molar-refractivity contribution is -0.222. The van der Waals surface area contributed by atoms with Crippen molar-refractivity contribution in [2.45, 2.75) is 115 Å². The van der Waals surface area contributed by atoms with E-state index >= 15 is 4.39 Å². The number of rotatable bonds is 7. The van der Waals surface area contributed by atoms with Crippen LogP contribution in [0.1, 0.15) is 91.0 Å². The molecule has 4 aliphatic carbocycles. The molecule has 5 rings (SSSR count). The molecule has 7 unspecified atom stereocenters. The third-order valence-electron chi connectivity index (χ3n) is 12.7. The van der Waals surface area contributed by atoms with Crippen molar-refractivity contribution in [1.29, 1.82) is 0 Å². The third kappa shape index (κ3) is 5.50. The first-order valence-electron chi connectivity index (χ1n) is 16.2. The number of amides is 1. The van der Waals surface area contributed by atoms with Crippen LogP contribution in [0, 0.1) is 52.3 Å². The molecule has 1 aromatic carbocycles. The lowest BCUT2D eigenvalue weighted by Gasteiger charge is -2.65. The van der Waals surface area contributed by atoms with E-state index in [-0.39, 0.29) is 58.7 Å². The van der Waals surface area contributed by atoms with E-state index in [1.165, 1.54) is 6.07 Å². The number of aliphatic hydroxyl groups excluding tert-OH is 2. The van der Waals surface area contributed by atoms with E-state index in [1.54, 1.807) is 0 Å². The van der Waals surface area contributed by atoms with Gasteiger partial charge in [-0.25, -0.2) is 17.5 Å². The van der Waals surface area contributed by atoms with E-state index in [0.29, 0.717) is 25.3 Å². The summed E-state index contributed by atoms with van der Waals surface area (Å²) in [6.45, 7) is 8.49. The van der Waals surface area contributed by atoms with Gasteiger partial charge in [-0.15, -0.1) is 0 Å². The molecule has 44 heavy (non-hydrogen) atoms. The Morgan fingerprint density at radius 3 is 2.34 bits per heavy atom. The molecule has 3 N–H and O–H groups in total. The summed E-state index contributed by atoms with van der Waals surface area (Å²) in [5.41, 5.74) is -1.72. The van der Waals surface area contributed by atoms with Gasteiger partial charge in [0.15, 0.2) is 0 Å². The maximum atomic E-state index is 15.6. The highest BCUT2D eigenvalue weighted by molar-refractivity contribution is 7.90. The summed E-state index contributed by atoms with van der Waals surface area (Å²) >= 11 is 0. The fourth-order valence-corrected chi connectivity index (χ4v) is 11.9. The molecule has 4 saturated carbocycles. The number of aliphatic hydroxyl groups is 2. The molecule has 0 bridgehead atoms. The molecule has 0 radical (unpaired) electrons. The van der Waals surface area contributed by atoms with Crippen LogP contribution in [-0.2, 0) is 21.0 Å². The molecule has 6 nitrogen and oxygen atoms in total. The van der Waals surface area contributed by atoms with Crippen molar-refractivity contribution in [2.75, 3.05) is 0 Å². The minimum absolute atomic E-state index is 0.0294. The van der Waals surface area contributed by atoms with Gasteiger partial charge in [-0.3, -0.25) is 4.79 Å². The molecule has 248 valence electrons. The SMILES string of the molecule is CCC1C(O)C2C3CCC([C@H](C)CCC(=O)NS(=O)(=O)c4ccccc4C(F)(F)F)[C@@]3(C)CCC2[C@@]2(C)CC[C@@H](O)[C@H](F)C12. The molecule has 0 spiro atoms. The van der Waals surface area contributed by atoms with Gasteiger partial charge in [0.2, 0.25) is 5.91 Å². The van der Waals surface area contributed by atoms with Crippen LogP contribution in [0.2, 0.25) is 0 Å². The summed E-state index contributed by atoms with van der Waals surface area (Å²) in [5, 5.41) is 22.2. The Morgan fingerprint density at radius 1 is 1.05 bits per heavy atom. The fraction of sp³-hybridized carbons (Fsp3) is 0.788. The summed E-state index contributed by atoms with van der Waals surface area (Å²) < 4.78 is 83.1. The van der Waals surface area contributed by atoms with Gasteiger partial charge in [0.05, 0.1) is 22.7 Å². The fourth-order valence-electron chi connectivity index (χ4n) is 10.7. The van der Waals surface area contributed by atoms with E-state index in [2.05, 4.69) is 13.8 Å². The smallest absolute Gasteiger partial charge is 0.393 e. The van der Waals surface area contributed by atoms with Gasteiger partial charge in [0.1, 0.15) is 6.17 Å². The molecular formula is C33H47F4NO5S. The second-order valence-electron chi connectivity index (χ2n) is 14.7. The lowest BCUT2D eigenvalue weighted by Crippen LogP contribution is -2.65. The average Bonchev–Trinajstić information content (AvgIpc) is 3.31. The van der Waals surface area contributed by atoms with Gasteiger partial charge in [0, 0.05) is 12.3 Å². The normalized spacial score (nSPS) is 41.3. The quantitative estimate of drug-likeness (QED) is 0.294. The number of benzene rings is 1. The van der Waals surface area contributed by atoms with Crippen LogP contribution in [0.25, 0.3) is 0 Å². The number of fused-ring (bicyclic) bond motifs is 5. The predicted octanol–water partition coefficient (Wildman–Crippen LogP) is 6.50. The van der Waals surface area contributed by atoms with Crippen molar-refractivity contribution in [3.05, 3.63) is 29.8 Å². The first-order chi connectivity index (χ1) is 20.5. The van der Waals surface area contributed by atoms with Crippen LogP contribution in [0.15, 0.2) is 29.2 Å². The zero-order valence-corrected chi connectivity index (χ0v) is 26.8. The molecule has 0 aliphatic heterocycles. The van der Waals surface area contributed by atoms with E-state index in [9.17, 15) is 36.6 Å². The maximum Gasteiger partial charge on any atom is 0.417 e. The van der Waals surface area contributed by atoms with Crippen molar-refractivity contribution in [1.82, 2.24) is 4.72 Å². The van der Waals surface area contributed by atoms with Crippen molar-refractivity contribution in [3.63, 3.8) is 0 Å². The number of hydrogen-bond donors (Lipinski definition) is 3. The van der Waals surface area contributed by atoms with Crippen molar-refractivity contribution >= 4 is 15.9 Å². The minimum Gasteiger partial charge on any atom is -0.393 e. The van der Waals surface area contributed by atoms with Crippen LogP contribution in [-0.4, -0.2) is 42.9 Å². The Balaban J connectivity index is 1.28. The Morgan fingerprint density at radius 2 is 1.68 bits per heavy atom. The second kappa shape index (κ2) is 11.8. The molecule has 0 saturated heterocycles. The van der Waals surface area contributed by atoms with Crippen molar-refractivity contribution in [2.24, 2.45) is 52.3 Å². The maximum absolute atomic E-state index is 15.6. The minimum atomic E-state index is -4.89. The Labute approximate surface area is 258 Å². The summed E-state index contributed by atoms with van der Waals surface area (Å²) in [7, 11) is -4.71. The van der Waals surface area contributed by atoms with Crippen molar-refractivity contribution in [3.8, 4) is 0 Å². The Bertz CT molecular complexity index is 1340. The molecule has 1 aromatic rings. The zero-order chi connectivity index (χ0) is 32.4. The van der Waals surface area contributed by atoms with Gasteiger partial charge in [-0.1, -0.05) is 46.2 Å². The molecule has 0 heterocycles. The largest absolute Gasteiger partial charge is 0.417 e. The topological polar surface area (TPSA) is 104 Å². The average molecular weight is 646 g/mol. The van der Waals surface area contributed by atoms with Crippen LogP contribution in [0.4, 0.5) is 17.6 Å². The molecular weight excluding hydrogens is 598 g/mol. The zero-order valence-electron chi connectivity index (χ0n) is 26.0. The highest BCUT2D eigenvalue weighted by Gasteiger charge is 2.66. The highest BCUT2D eigenvalue weighted by atomic mass is 32.2. The first-order valence-corrected chi connectivity index (χ1v) is 17.7. The summed E-state index contributed by atoms with van der Waals surface area (Å²) in [6.07, 6.45) is -2.20. The Hall–Kier alpha value is -1.72. The molecule has 1 amide bonds. The van der Waals surface area contributed by atoms with E-state index in [0.717, 1.165) is 44.2 Å². The number of nitrogens with one attached hydrogen (secondary N) is 1. The highest BCUT2D eigenvalue weighted by Crippen LogP contribution is 2.69. The number of alkyl halides is 4. The van der Waals surface area contributed by atoms with Crippen LogP contribution >= 0.6 is 0 Å². The van der Waals surface area contributed by atoms with Crippen LogP contribution < -0.4 is 4.72 Å². The standard InChI is InChI=1S/C33H47F4NO5S/c1-5-19-28-29(34)24(39)15-17-32(28,4)23-14-16-31(3)20(11-12-22(31)27(23)30(19)41)18(2)10-13-26(40)38-44(42,43)25-9-7-6-8-21(25)33(35,36)37/h6-9,18-20,22-24,27-30,39,41H,5,10-17H2,1-4H3,(H,38,40)/t18-,19?,20?,22?,23?,24-,27?,28?,29+,30?,31-,32-/m1/s1.